The first-order valence-electron chi connectivity index (χ1n) is 3.50. The van der Waals surface area contributed by atoms with Crippen LogP contribution in [0.1, 0.15) is 11.5 Å². The van der Waals surface area contributed by atoms with Gasteiger partial charge in [0.05, 0.1) is 6.20 Å². The van der Waals surface area contributed by atoms with E-state index in [2.05, 4.69) is 9.97 Å². The third-order valence-corrected chi connectivity index (χ3v) is 1.28. The van der Waals surface area contributed by atoms with Crippen LogP contribution in [0.4, 0.5) is 4.39 Å². The SMILES string of the molecule is Cc1ncc(F)c(/C=C/C(=O)O)n1. The molecular formula is C8H7FN2O2. The van der Waals surface area contributed by atoms with Gasteiger partial charge in [0.25, 0.3) is 0 Å². The second-order valence-electron chi connectivity index (χ2n) is 2.32. The summed E-state index contributed by atoms with van der Waals surface area (Å²) >= 11 is 0. The number of nitrogens with zero attached hydrogens (tertiary/aromatic N) is 2. The average molecular weight is 182 g/mol. The molecule has 0 aromatic carbocycles. The monoisotopic (exact) mass is 182 g/mol. The molecule has 0 aliphatic rings. The maximum absolute atomic E-state index is 12.9. The Kier molecular flexibility index (Phi) is 2.69. The highest BCUT2D eigenvalue weighted by molar-refractivity contribution is 5.84. The minimum Gasteiger partial charge on any atom is -0.478 e. The molecule has 5 heteroatoms. The van der Waals surface area contributed by atoms with Gasteiger partial charge < -0.3 is 5.11 Å². The van der Waals surface area contributed by atoms with Gasteiger partial charge in [0.15, 0.2) is 5.82 Å². The smallest absolute Gasteiger partial charge is 0.328 e. The highest BCUT2D eigenvalue weighted by Gasteiger charge is 2.01. The van der Waals surface area contributed by atoms with E-state index >= 15 is 0 Å². The van der Waals surface area contributed by atoms with Gasteiger partial charge in [0.2, 0.25) is 0 Å². The number of carboxylic acid groups (broad SMARTS) is 1. The molecule has 0 aliphatic carbocycles. The van der Waals surface area contributed by atoms with Crippen LogP contribution in [0.25, 0.3) is 6.08 Å². The minimum absolute atomic E-state index is 0.0186. The Morgan fingerprint density at radius 1 is 1.69 bits per heavy atom. The summed E-state index contributed by atoms with van der Waals surface area (Å²) in [6.45, 7) is 1.59. The summed E-state index contributed by atoms with van der Waals surface area (Å²) in [6, 6.07) is 0. The minimum atomic E-state index is -1.14. The molecule has 1 heterocycles. The van der Waals surface area contributed by atoms with Gasteiger partial charge in [-0.1, -0.05) is 0 Å². The average Bonchev–Trinajstić information content (AvgIpc) is 2.06. The van der Waals surface area contributed by atoms with Crippen LogP contribution in [0.5, 0.6) is 0 Å². The van der Waals surface area contributed by atoms with E-state index in [-0.39, 0.29) is 5.69 Å². The quantitative estimate of drug-likeness (QED) is 0.693. The molecule has 0 saturated heterocycles. The van der Waals surface area contributed by atoms with Crippen molar-refractivity contribution in [3.05, 3.63) is 29.6 Å². The number of rotatable bonds is 2. The molecule has 1 rings (SSSR count). The summed E-state index contributed by atoms with van der Waals surface area (Å²) in [7, 11) is 0. The lowest BCUT2D eigenvalue weighted by Crippen LogP contribution is -1.95. The van der Waals surface area contributed by atoms with Crippen LogP contribution in [0.2, 0.25) is 0 Å². The van der Waals surface area contributed by atoms with Crippen LogP contribution in [-0.4, -0.2) is 21.0 Å². The Balaban J connectivity index is 3.00. The van der Waals surface area contributed by atoms with Crippen molar-refractivity contribution in [2.24, 2.45) is 0 Å². The second kappa shape index (κ2) is 3.75. The fourth-order valence-corrected chi connectivity index (χ4v) is 0.740. The third-order valence-electron chi connectivity index (χ3n) is 1.28. The predicted octanol–water partition coefficient (Wildman–Crippen LogP) is 1.02. The standard InChI is InChI=1S/C8H7FN2O2/c1-5-10-4-6(9)7(11-5)2-3-8(12)13/h2-4H,1H3,(H,12,13)/b3-2+. The van der Waals surface area contributed by atoms with E-state index in [4.69, 9.17) is 5.11 Å². The van der Waals surface area contributed by atoms with Crippen molar-refractivity contribution in [1.29, 1.82) is 0 Å². The van der Waals surface area contributed by atoms with Crippen molar-refractivity contribution >= 4 is 12.0 Å². The molecule has 13 heavy (non-hydrogen) atoms. The molecule has 0 fully saturated rings. The molecule has 68 valence electrons. The molecule has 0 unspecified atom stereocenters. The molecule has 0 aliphatic heterocycles. The second-order valence-corrected chi connectivity index (χ2v) is 2.32. The predicted molar refractivity (Wildman–Crippen MR) is 43.4 cm³/mol. The van der Waals surface area contributed by atoms with E-state index in [0.29, 0.717) is 5.82 Å². The molecule has 0 saturated carbocycles. The zero-order valence-corrected chi connectivity index (χ0v) is 6.86. The van der Waals surface area contributed by atoms with Gasteiger partial charge in [0, 0.05) is 6.08 Å². The van der Waals surface area contributed by atoms with Gasteiger partial charge in [-0.25, -0.2) is 19.2 Å². The third kappa shape index (κ3) is 2.62. The highest BCUT2D eigenvalue weighted by Crippen LogP contribution is 2.04. The summed E-state index contributed by atoms with van der Waals surface area (Å²) in [6.07, 6.45) is 2.92. The summed E-state index contributed by atoms with van der Waals surface area (Å²) < 4.78 is 12.9. The molecule has 0 atom stereocenters. The van der Waals surface area contributed by atoms with Gasteiger partial charge in [-0.2, -0.15) is 0 Å². The zero-order chi connectivity index (χ0) is 9.84. The number of hydrogen-bond acceptors (Lipinski definition) is 3. The van der Waals surface area contributed by atoms with Crippen LogP contribution >= 0.6 is 0 Å². The van der Waals surface area contributed by atoms with Gasteiger partial charge in [-0.15, -0.1) is 0 Å². The zero-order valence-electron chi connectivity index (χ0n) is 6.86. The Morgan fingerprint density at radius 3 is 3.00 bits per heavy atom. The number of aromatic nitrogens is 2. The Labute approximate surface area is 73.8 Å². The maximum atomic E-state index is 12.9. The fraction of sp³-hybridized carbons (Fsp3) is 0.125. The molecule has 0 amide bonds. The summed E-state index contributed by atoms with van der Waals surface area (Å²) in [4.78, 5) is 17.4. The van der Waals surface area contributed by atoms with E-state index in [1.165, 1.54) is 0 Å². The maximum Gasteiger partial charge on any atom is 0.328 e. The molecular weight excluding hydrogens is 175 g/mol. The molecule has 4 nitrogen and oxygen atoms in total. The molecule has 0 spiro atoms. The Morgan fingerprint density at radius 2 is 2.38 bits per heavy atom. The van der Waals surface area contributed by atoms with Gasteiger partial charge in [-0.05, 0) is 13.0 Å². The van der Waals surface area contributed by atoms with Crippen LogP contribution < -0.4 is 0 Å². The van der Waals surface area contributed by atoms with E-state index in [1.807, 2.05) is 0 Å². The Hall–Kier alpha value is -1.78. The number of carboxylic acids is 1. The number of hydrogen-bond donors (Lipinski definition) is 1. The summed E-state index contributed by atoms with van der Waals surface area (Å²) in [5.74, 6) is -1.38. The molecule has 1 N–H and O–H groups in total. The Bertz CT molecular complexity index is 363. The van der Waals surface area contributed by atoms with Gasteiger partial charge in [-0.3, -0.25) is 0 Å². The number of aliphatic carboxylic acids is 1. The van der Waals surface area contributed by atoms with Crippen LogP contribution in [-0.2, 0) is 4.79 Å². The van der Waals surface area contributed by atoms with Crippen molar-refractivity contribution in [2.45, 2.75) is 6.92 Å². The van der Waals surface area contributed by atoms with Crippen molar-refractivity contribution in [1.82, 2.24) is 9.97 Å². The van der Waals surface area contributed by atoms with E-state index in [1.54, 1.807) is 6.92 Å². The highest BCUT2D eigenvalue weighted by atomic mass is 19.1. The first kappa shape index (κ1) is 9.31. The van der Waals surface area contributed by atoms with Crippen LogP contribution in [0.3, 0.4) is 0 Å². The largest absolute Gasteiger partial charge is 0.478 e. The first-order chi connectivity index (χ1) is 6.09. The molecule has 1 aromatic rings. The summed E-state index contributed by atoms with van der Waals surface area (Å²) in [5, 5.41) is 8.28. The van der Waals surface area contributed by atoms with Gasteiger partial charge in [0.1, 0.15) is 11.5 Å². The molecule has 0 radical (unpaired) electrons. The lowest BCUT2D eigenvalue weighted by molar-refractivity contribution is -0.131. The van der Waals surface area contributed by atoms with Gasteiger partial charge >= 0.3 is 5.97 Å². The normalized spacial score (nSPS) is 10.6. The lowest BCUT2D eigenvalue weighted by atomic mass is 10.3. The van der Waals surface area contributed by atoms with Crippen molar-refractivity contribution in [3.63, 3.8) is 0 Å². The fourth-order valence-electron chi connectivity index (χ4n) is 0.740. The lowest BCUT2D eigenvalue weighted by Gasteiger charge is -1.95. The molecule has 1 aromatic heterocycles. The van der Waals surface area contributed by atoms with Crippen molar-refractivity contribution < 1.29 is 14.3 Å². The number of carbonyl (C=O) groups is 1. The van der Waals surface area contributed by atoms with Crippen molar-refractivity contribution in [2.75, 3.05) is 0 Å². The number of aryl methyl sites for hydroxylation is 1. The summed E-state index contributed by atoms with van der Waals surface area (Å²) in [5.41, 5.74) is -0.0186. The van der Waals surface area contributed by atoms with Crippen molar-refractivity contribution in [3.8, 4) is 0 Å². The van der Waals surface area contributed by atoms with E-state index in [9.17, 15) is 9.18 Å². The number of halogens is 1. The first-order valence-corrected chi connectivity index (χ1v) is 3.50. The van der Waals surface area contributed by atoms with Crippen LogP contribution in [0, 0.1) is 12.7 Å². The van der Waals surface area contributed by atoms with Crippen LogP contribution in [0.15, 0.2) is 12.3 Å². The molecule has 0 bridgehead atoms. The van der Waals surface area contributed by atoms with E-state index in [0.717, 1.165) is 18.3 Å². The topological polar surface area (TPSA) is 63.1 Å². The van der Waals surface area contributed by atoms with E-state index < -0.39 is 11.8 Å².